The van der Waals surface area contributed by atoms with E-state index in [1.165, 1.54) is 283 Å². The second-order valence-corrected chi connectivity index (χ2v) is 27.8. The van der Waals surface area contributed by atoms with Gasteiger partial charge in [0.15, 0.2) is 12.6 Å². The van der Waals surface area contributed by atoms with Gasteiger partial charge in [0.2, 0.25) is 5.91 Å². The summed E-state index contributed by atoms with van der Waals surface area (Å²) in [6.45, 7) is 2.83. The minimum Gasteiger partial charge on any atom is -0.394 e. The molecule has 542 valence electrons. The first-order valence-electron chi connectivity index (χ1n) is 39.2. The number of rotatable bonds is 66. The summed E-state index contributed by atoms with van der Waals surface area (Å²) in [5, 5.41) is 87.5. The van der Waals surface area contributed by atoms with Crippen molar-refractivity contribution in [1.82, 2.24) is 5.32 Å². The highest BCUT2D eigenvalue weighted by Gasteiger charge is 2.51. The van der Waals surface area contributed by atoms with Gasteiger partial charge in [0, 0.05) is 6.42 Å². The number of aliphatic hydroxyl groups excluding tert-OH is 8. The molecular formula is C78H147NO13. The molecule has 0 aromatic heterocycles. The lowest BCUT2D eigenvalue weighted by Gasteiger charge is -2.46. The maximum atomic E-state index is 13.4. The van der Waals surface area contributed by atoms with Crippen LogP contribution in [0.2, 0.25) is 0 Å². The van der Waals surface area contributed by atoms with Crippen LogP contribution in [0.1, 0.15) is 361 Å². The van der Waals surface area contributed by atoms with E-state index in [-0.39, 0.29) is 18.9 Å². The predicted molar refractivity (Wildman–Crippen MR) is 378 cm³/mol. The Labute approximate surface area is 563 Å². The molecule has 2 heterocycles. The van der Waals surface area contributed by atoms with Crippen molar-refractivity contribution < 1.29 is 64.6 Å². The molecule has 2 aliphatic heterocycles. The Kier molecular flexibility index (Phi) is 58.8. The molecule has 0 radical (unpaired) electrons. The molecular weight excluding hydrogens is 1160 g/mol. The quantitative estimate of drug-likeness (QED) is 0.0204. The molecule has 2 aliphatic rings. The summed E-state index contributed by atoms with van der Waals surface area (Å²) in [7, 11) is 0. The van der Waals surface area contributed by atoms with Gasteiger partial charge in [0.25, 0.3) is 0 Å². The second kappa shape index (κ2) is 62.7. The van der Waals surface area contributed by atoms with E-state index in [2.05, 4.69) is 43.5 Å². The van der Waals surface area contributed by atoms with E-state index in [1.807, 2.05) is 6.08 Å². The number of amides is 1. The lowest BCUT2D eigenvalue weighted by atomic mass is 9.97. The Morgan fingerprint density at radius 2 is 0.696 bits per heavy atom. The van der Waals surface area contributed by atoms with Gasteiger partial charge in [0.05, 0.1) is 32.0 Å². The van der Waals surface area contributed by atoms with Crippen LogP contribution in [0.5, 0.6) is 0 Å². The van der Waals surface area contributed by atoms with Crippen LogP contribution in [0.4, 0.5) is 0 Å². The molecule has 0 saturated carbocycles. The van der Waals surface area contributed by atoms with Crippen LogP contribution in [0, 0.1) is 0 Å². The molecule has 1 amide bonds. The number of nitrogens with one attached hydrogen (secondary N) is 1. The SMILES string of the molecule is CCCCCCCCCCCCC/C=C/CC/C=C/CC/C=C/C(O)C(COC1OC(CO)C(OC2OC(CO)C(O)C(O)C2O)C(O)C1O)NC(=O)CCCCCCCCCCCCCCCCCCCCCCCCCCCCCCCCCCCCCCC. The molecule has 0 spiro atoms. The van der Waals surface area contributed by atoms with Gasteiger partial charge in [-0.15, -0.1) is 0 Å². The molecule has 12 unspecified atom stereocenters. The van der Waals surface area contributed by atoms with Crippen molar-refractivity contribution in [1.29, 1.82) is 0 Å². The summed E-state index contributed by atoms with van der Waals surface area (Å²) in [5.41, 5.74) is 0. The van der Waals surface area contributed by atoms with Gasteiger partial charge in [-0.2, -0.15) is 0 Å². The number of ether oxygens (including phenoxy) is 4. The smallest absolute Gasteiger partial charge is 0.220 e. The number of hydrogen-bond donors (Lipinski definition) is 9. The Hall–Kier alpha value is -1.79. The van der Waals surface area contributed by atoms with Gasteiger partial charge in [0.1, 0.15) is 48.8 Å². The lowest BCUT2D eigenvalue weighted by Crippen LogP contribution is -2.65. The van der Waals surface area contributed by atoms with Gasteiger partial charge in [-0.25, -0.2) is 0 Å². The van der Waals surface area contributed by atoms with Crippen LogP contribution in [0.3, 0.4) is 0 Å². The van der Waals surface area contributed by atoms with Crippen LogP contribution in [-0.2, 0) is 23.7 Å². The van der Waals surface area contributed by atoms with Gasteiger partial charge >= 0.3 is 0 Å². The fraction of sp³-hybridized carbons (Fsp3) is 0.910. The van der Waals surface area contributed by atoms with Crippen molar-refractivity contribution in [2.75, 3.05) is 19.8 Å². The minimum absolute atomic E-state index is 0.246. The highest BCUT2D eigenvalue weighted by atomic mass is 16.7. The van der Waals surface area contributed by atoms with Crippen LogP contribution in [0.15, 0.2) is 36.5 Å². The van der Waals surface area contributed by atoms with E-state index in [0.29, 0.717) is 12.8 Å². The second-order valence-electron chi connectivity index (χ2n) is 27.8. The Morgan fingerprint density at radius 3 is 1.07 bits per heavy atom. The van der Waals surface area contributed by atoms with Crippen molar-refractivity contribution in [2.24, 2.45) is 0 Å². The van der Waals surface area contributed by atoms with E-state index < -0.39 is 86.8 Å². The summed E-state index contributed by atoms with van der Waals surface area (Å²) >= 11 is 0. The van der Waals surface area contributed by atoms with Gasteiger partial charge in [-0.1, -0.05) is 346 Å². The summed E-state index contributed by atoms with van der Waals surface area (Å²) < 4.78 is 22.9. The largest absolute Gasteiger partial charge is 0.394 e. The molecule has 2 fully saturated rings. The zero-order valence-electron chi connectivity index (χ0n) is 59.3. The normalized spacial score (nSPS) is 22.8. The van der Waals surface area contributed by atoms with E-state index in [0.717, 1.165) is 44.9 Å². The molecule has 92 heavy (non-hydrogen) atoms. The molecule has 0 aliphatic carbocycles. The molecule has 0 bridgehead atoms. The van der Waals surface area contributed by atoms with Crippen molar-refractivity contribution >= 4 is 5.91 Å². The summed E-state index contributed by atoms with van der Waals surface area (Å²) in [4.78, 5) is 13.4. The maximum absolute atomic E-state index is 13.4. The number of allylic oxidation sites excluding steroid dienone is 5. The average Bonchev–Trinajstić information content (AvgIpc) is 0.863. The number of aliphatic hydroxyl groups is 8. The van der Waals surface area contributed by atoms with Gasteiger partial charge < -0.3 is 65.1 Å². The molecule has 0 aromatic rings. The Bertz CT molecular complexity index is 1680. The predicted octanol–water partition coefficient (Wildman–Crippen LogP) is 17.2. The third-order valence-corrected chi connectivity index (χ3v) is 19.3. The van der Waals surface area contributed by atoms with Gasteiger partial charge in [-0.3, -0.25) is 4.79 Å². The molecule has 12 atom stereocenters. The minimum atomic E-state index is -1.79. The van der Waals surface area contributed by atoms with E-state index in [9.17, 15) is 45.6 Å². The summed E-state index contributed by atoms with van der Waals surface area (Å²) in [5.74, 6) is -0.246. The monoisotopic (exact) mass is 1310 g/mol. The molecule has 14 heteroatoms. The maximum Gasteiger partial charge on any atom is 0.220 e. The average molecular weight is 1310 g/mol. The first kappa shape index (κ1) is 86.3. The highest BCUT2D eigenvalue weighted by molar-refractivity contribution is 5.76. The molecule has 14 nitrogen and oxygen atoms in total. The first-order valence-corrected chi connectivity index (χ1v) is 39.2. The lowest BCUT2D eigenvalue weighted by molar-refractivity contribution is -0.359. The summed E-state index contributed by atoms with van der Waals surface area (Å²) in [6, 6.07) is -0.937. The van der Waals surface area contributed by atoms with E-state index in [1.54, 1.807) is 6.08 Å². The fourth-order valence-corrected chi connectivity index (χ4v) is 13.1. The van der Waals surface area contributed by atoms with Crippen molar-refractivity contribution in [2.45, 2.75) is 434 Å². The van der Waals surface area contributed by atoms with Crippen LogP contribution in [-0.4, -0.2) is 140 Å². The molecule has 0 aromatic carbocycles. The zero-order chi connectivity index (χ0) is 66.6. The van der Waals surface area contributed by atoms with E-state index >= 15 is 0 Å². The molecule has 9 N–H and O–H groups in total. The summed E-state index contributed by atoms with van der Waals surface area (Å²) in [6.07, 6.45) is 65.3. The Balaban J connectivity index is 1.60. The van der Waals surface area contributed by atoms with Crippen molar-refractivity contribution in [3.05, 3.63) is 36.5 Å². The molecule has 2 rings (SSSR count). The fourth-order valence-electron chi connectivity index (χ4n) is 13.1. The molecule has 2 saturated heterocycles. The Morgan fingerprint density at radius 1 is 0.380 bits per heavy atom. The first-order chi connectivity index (χ1) is 45.1. The van der Waals surface area contributed by atoms with Crippen LogP contribution >= 0.6 is 0 Å². The number of unbranched alkanes of at least 4 members (excludes halogenated alkanes) is 49. The third kappa shape index (κ3) is 45.7. The standard InChI is InChI=1S/C78H147NO13/c1-3-5-7-9-11-13-15-17-19-21-23-25-26-27-28-29-30-31-32-33-34-35-36-37-38-39-40-42-44-46-48-50-52-54-56-58-60-62-70(83)79-66(67(82)61-59-57-55-53-51-49-47-45-43-41-24-22-20-18-16-14-12-10-8-6-4-2)65-89-77-75(88)73(86)76(69(64-81)91-77)92-78-74(87)72(85)71(84)68(63-80)90-78/h43,45,51,53,59,61,66-69,71-78,80-82,84-88H,3-42,44,46-50,52,54-58,60,62-65H2,1-2H3,(H,79,83)/b45-43+,53-51+,61-59+. The highest BCUT2D eigenvalue weighted by Crippen LogP contribution is 2.30. The topological polar surface area (TPSA) is 228 Å². The van der Waals surface area contributed by atoms with Crippen molar-refractivity contribution in [3.63, 3.8) is 0 Å². The van der Waals surface area contributed by atoms with Crippen molar-refractivity contribution in [3.8, 4) is 0 Å². The number of carbonyl (C=O) groups is 1. The number of hydrogen-bond acceptors (Lipinski definition) is 13. The van der Waals surface area contributed by atoms with Gasteiger partial charge in [-0.05, 0) is 44.9 Å². The third-order valence-electron chi connectivity index (χ3n) is 19.3. The van der Waals surface area contributed by atoms with Crippen LogP contribution < -0.4 is 5.32 Å². The van der Waals surface area contributed by atoms with Crippen LogP contribution in [0.25, 0.3) is 0 Å². The van der Waals surface area contributed by atoms with E-state index in [4.69, 9.17) is 18.9 Å². The zero-order valence-corrected chi connectivity index (χ0v) is 59.3. The number of carbonyl (C=O) groups excluding carboxylic acids is 1.